The first-order valence-corrected chi connectivity index (χ1v) is 13.5. The van der Waals surface area contributed by atoms with E-state index in [0.29, 0.717) is 34.5 Å². The van der Waals surface area contributed by atoms with Crippen molar-refractivity contribution in [1.29, 1.82) is 0 Å². The van der Waals surface area contributed by atoms with E-state index in [2.05, 4.69) is 37.5 Å². The van der Waals surface area contributed by atoms with Crippen molar-refractivity contribution in [1.82, 2.24) is 14.9 Å². The van der Waals surface area contributed by atoms with E-state index in [-0.39, 0.29) is 12.0 Å². The number of amides is 1. The van der Waals surface area contributed by atoms with Gasteiger partial charge in [0.15, 0.2) is 0 Å². The van der Waals surface area contributed by atoms with Crippen molar-refractivity contribution in [3.05, 3.63) is 85.5 Å². The number of rotatable bonds is 13. The zero-order chi connectivity index (χ0) is 30.1. The number of carbonyl (C=O) groups excluding carboxylic acids is 1. The van der Waals surface area contributed by atoms with Gasteiger partial charge in [-0.2, -0.15) is 0 Å². The summed E-state index contributed by atoms with van der Waals surface area (Å²) >= 11 is 0. The number of benzene rings is 2. The van der Waals surface area contributed by atoms with Gasteiger partial charge in [0.25, 0.3) is 0 Å². The summed E-state index contributed by atoms with van der Waals surface area (Å²) in [6.07, 6.45) is 12.0. The number of nitrogens with two attached hydrogens (primary N) is 1. The summed E-state index contributed by atoms with van der Waals surface area (Å²) in [5, 5.41) is 9.60. The number of ether oxygens (including phenoxy) is 1. The van der Waals surface area contributed by atoms with E-state index in [4.69, 9.17) is 10.5 Å². The van der Waals surface area contributed by atoms with Crippen LogP contribution in [0.4, 0.5) is 34.4 Å². The number of nitrogens with zero attached hydrogens (tertiary/aromatic N) is 5. The van der Waals surface area contributed by atoms with Gasteiger partial charge in [0.05, 0.1) is 23.2 Å². The average Bonchev–Trinajstić information content (AvgIpc) is 3.80. The van der Waals surface area contributed by atoms with Crippen LogP contribution >= 0.6 is 0 Å². The molecule has 0 unspecified atom stereocenters. The number of para-hydroxylation sites is 1. The Balaban J connectivity index is 1.67. The lowest BCUT2D eigenvalue weighted by Crippen LogP contribution is -2.16. The number of anilines is 6. The van der Waals surface area contributed by atoms with Gasteiger partial charge in [0.2, 0.25) is 5.91 Å². The number of carbonyl (C=O) groups is 1. The van der Waals surface area contributed by atoms with Crippen LogP contribution < -0.4 is 31.3 Å². The number of hydrogen-bond acceptors (Lipinski definition) is 10. The molecule has 1 aliphatic rings. The van der Waals surface area contributed by atoms with Crippen molar-refractivity contribution in [2.75, 3.05) is 49.0 Å². The van der Waals surface area contributed by atoms with Gasteiger partial charge in [-0.05, 0) is 37.1 Å². The number of allylic oxidation sites excluding steroid dienone is 1. The molecule has 1 amide bonds. The molecule has 1 aromatic heterocycles. The molecule has 11 nitrogen and oxygen atoms in total. The Morgan fingerprint density at radius 3 is 2.43 bits per heavy atom. The Labute approximate surface area is 246 Å². The molecule has 4 rings (SSSR count). The molecule has 0 saturated heterocycles. The van der Waals surface area contributed by atoms with Gasteiger partial charge in [-0.15, -0.1) is 0 Å². The van der Waals surface area contributed by atoms with Gasteiger partial charge in [-0.1, -0.05) is 24.8 Å². The third-order valence-corrected chi connectivity index (χ3v) is 6.16. The zero-order valence-corrected chi connectivity index (χ0v) is 24.3. The number of nitrogens with one attached hydrogen (secondary N) is 3. The molecule has 1 heterocycles. The molecule has 3 aromatic rings. The monoisotopic (exact) mass is 567 g/mol. The molecule has 0 bridgehead atoms. The maximum absolute atomic E-state index is 12.3. The van der Waals surface area contributed by atoms with Crippen LogP contribution in [0.25, 0.3) is 5.70 Å². The number of aromatic nitrogens is 2. The highest BCUT2D eigenvalue weighted by atomic mass is 16.5. The van der Waals surface area contributed by atoms with Crippen LogP contribution in [-0.4, -0.2) is 61.3 Å². The molecule has 11 heteroatoms. The third-order valence-electron chi connectivity index (χ3n) is 6.16. The Hall–Kier alpha value is -5.32. The highest BCUT2D eigenvalue weighted by Crippen LogP contribution is 2.41. The van der Waals surface area contributed by atoms with Crippen LogP contribution in [0.15, 0.2) is 84.9 Å². The Kier molecular flexibility index (Phi) is 9.77. The molecule has 218 valence electrons. The summed E-state index contributed by atoms with van der Waals surface area (Å²) in [6, 6.07) is 13.2. The summed E-state index contributed by atoms with van der Waals surface area (Å²) in [5.74, 6) is 1.41. The van der Waals surface area contributed by atoms with Crippen molar-refractivity contribution in [2.24, 2.45) is 10.7 Å². The van der Waals surface area contributed by atoms with Crippen molar-refractivity contribution in [3.8, 4) is 5.75 Å². The van der Waals surface area contributed by atoms with Crippen LogP contribution in [0, 0.1) is 0 Å². The predicted octanol–water partition coefficient (Wildman–Crippen LogP) is 5.10. The maximum Gasteiger partial charge on any atom is 0.247 e. The van der Waals surface area contributed by atoms with Gasteiger partial charge in [0, 0.05) is 75.9 Å². The van der Waals surface area contributed by atoms with E-state index >= 15 is 0 Å². The molecule has 2 aromatic carbocycles. The first-order valence-electron chi connectivity index (χ1n) is 13.5. The minimum absolute atomic E-state index is 0.144. The van der Waals surface area contributed by atoms with E-state index in [0.717, 1.165) is 29.8 Å². The molecule has 0 radical (unpaired) electrons. The topological polar surface area (TPSA) is 133 Å². The van der Waals surface area contributed by atoms with Crippen LogP contribution in [0.2, 0.25) is 0 Å². The van der Waals surface area contributed by atoms with Gasteiger partial charge in [-0.25, -0.2) is 9.97 Å². The first kappa shape index (κ1) is 29.7. The standard InChI is InChI=1S/C31H37N9O2/c1-6-31(41)38-25-17-26(28(42-21-11-12-21)18-27(25)40(5)16-15-39(3)4)37-30-19-29(34-20-35-30)36-24-10-8-7-9-22(24)23(32)13-14-33-2/h6-10,13-21H,1,11-12,32H2,2-5H3,(H,38,41)(H2,34,35,36,37)/b16-15-,23-13?,33-14?. The second kappa shape index (κ2) is 13.8. The maximum atomic E-state index is 12.3. The highest BCUT2D eigenvalue weighted by molar-refractivity contribution is 6.02. The number of aliphatic imine (C=N–C) groups is 1. The van der Waals surface area contributed by atoms with Crippen molar-refractivity contribution < 1.29 is 9.53 Å². The zero-order valence-electron chi connectivity index (χ0n) is 24.3. The summed E-state index contributed by atoms with van der Waals surface area (Å²) < 4.78 is 6.29. The Morgan fingerprint density at radius 2 is 1.76 bits per heavy atom. The van der Waals surface area contributed by atoms with Crippen molar-refractivity contribution in [2.45, 2.75) is 18.9 Å². The van der Waals surface area contributed by atoms with E-state index in [1.807, 2.05) is 79.7 Å². The van der Waals surface area contributed by atoms with E-state index in [1.165, 1.54) is 12.4 Å². The second-order valence-electron chi connectivity index (χ2n) is 9.86. The quantitative estimate of drug-likeness (QED) is 0.164. The Bertz CT molecular complexity index is 1510. The summed E-state index contributed by atoms with van der Waals surface area (Å²) in [7, 11) is 7.48. The third kappa shape index (κ3) is 8.10. The molecule has 1 fully saturated rings. The van der Waals surface area contributed by atoms with Gasteiger partial charge in [-0.3, -0.25) is 9.79 Å². The van der Waals surface area contributed by atoms with Crippen molar-refractivity contribution >= 4 is 52.2 Å². The van der Waals surface area contributed by atoms with E-state index in [1.54, 1.807) is 25.4 Å². The first-order chi connectivity index (χ1) is 20.3. The van der Waals surface area contributed by atoms with Gasteiger partial charge >= 0.3 is 0 Å². The van der Waals surface area contributed by atoms with Crippen LogP contribution in [0.1, 0.15) is 18.4 Å². The number of hydrogen-bond donors (Lipinski definition) is 4. The molecule has 5 N–H and O–H groups in total. The molecular formula is C31H37N9O2. The van der Waals surface area contributed by atoms with Crippen LogP contribution in [0.3, 0.4) is 0 Å². The van der Waals surface area contributed by atoms with Gasteiger partial charge in [0.1, 0.15) is 23.7 Å². The largest absolute Gasteiger partial charge is 0.488 e. The molecule has 1 aliphatic carbocycles. The smallest absolute Gasteiger partial charge is 0.247 e. The summed E-state index contributed by atoms with van der Waals surface area (Å²) in [5.41, 5.74) is 10.4. The van der Waals surface area contributed by atoms with Crippen molar-refractivity contribution in [3.63, 3.8) is 0 Å². The molecule has 1 saturated carbocycles. The average molecular weight is 568 g/mol. The molecule has 0 atom stereocenters. The molecule has 0 spiro atoms. The second-order valence-corrected chi connectivity index (χ2v) is 9.86. The van der Waals surface area contributed by atoms with E-state index < -0.39 is 0 Å². The lowest BCUT2D eigenvalue weighted by molar-refractivity contribution is -0.111. The summed E-state index contributed by atoms with van der Waals surface area (Å²) in [4.78, 5) is 29.0. The fourth-order valence-corrected chi connectivity index (χ4v) is 3.88. The lowest BCUT2D eigenvalue weighted by atomic mass is 10.1. The SMILES string of the molecule is C=CC(=O)Nc1cc(Nc2cc(Nc3ccccc3C(N)=CC=NC)ncn2)c(OC2CC2)cc1N(C)/C=C\N(C)C. The molecular weight excluding hydrogens is 530 g/mol. The predicted molar refractivity (Wildman–Crippen MR) is 172 cm³/mol. The molecule has 0 aliphatic heterocycles. The lowest BCUT2D eigenvalue weighted by Gasteiger charge is -2.23. The highest BCUT2D eigenvalue weighted by Gasteiger charge is 2.26. The van der Waals surface area contributed by atoms with Crippen LogP contribution in [0.5, 0.6) is 5.75 Å². The van der Waals surface area contributed by atoms with Gasteiger partial charge < -0.3 is 36.2 Å². The Morgan fingerprint density at radius 1 is 1.05 bits per heavy atom. The fourth-order valence-electron chi connectivity index (χ4n) is 3.88. The van der Waals surface area contributed by atoms with E-state index in [9.17, 15) is 4.79 Å². The fraction of sp³-hybridized carbons (Fsp3) is 0.226. The minimum atomic E-state index is -0.325. The van der Waals surface area contributed by atoms with Crippen LogP contribution in [-0.2, 0) is 4.79 Å². The minimum Gasteiger partial charge on any atom is -0.488 e. The summed E-state index contributed by atoms with van der Waals surface area (Å²) in [6.45, 7) is 3.59. The molecule has 42 heavy (non-hydrogen) atoms. The normalized spacial score (nSPS) is 13.2.